The van der Waals surface area contributed by atoms with E-state index < -0.39 is 0 Å². The van der Waals surface area contributed by atoms with Crippen LogP contribution in [0.15, 0.2) is 53.3 Å². The molecule has 0 bridgehead atoms. The van der Waals surface area contributed by atoms with Crippen molar-refractivity contribution in [1.82, 2.24) is 24.6 Å². The molecule has 9 heteroatoms. The molecule has 0 aliphatic carbocycles. The lowest BCUT2D eigenvalue weighted by Gasteiger charge is -2.02. The standard InChI is InChI=1S/C17H15ClN6S2/c18-13-5-3-12(4-6-13)14-11-24-16(22-14)26-17(23-24)25-10-2-9-21-15-19-7-1-8-20-15/h1,3-8,11H,2,9-10H2,(H,19,20,21). The number of hydrogen-bond donors (Lipinski definition) is 1. The van der Waals surface area contributed by atoms with Crippen LogP contribution in [0.1, 0.15) is 6.42 Å². The van der Waals surface area contributed by atoms with Gasteiger partial charge < -0.3 is 5.32 Å². The number of nitrogens with zero attached hydrogens (tertiary/aromatic N) is 5. The van der Waals surface area contributed by atoms with Gasteiger partial charge in [-0.25, -0.2) is 19.5 Å². The Labute approximate surface area is 163 Å². The highest BCUT2D eigenvalue weighted by atomic mass is 35.5. The third-order valence-corrected chi connectivity index (χ3v) is 5.95. The number of rotatable bonds is 7. The van der Waals surface area contributed by atoms with E-state index in [0.717, 1.165) is 44.3 Å². The number of fused-ring (bicyclic) bond motifs is 1. The van der Waals surface area contributed by atoms with Crippen molar-refractivity contribution in [3.05, 3.63) is 53.9 Å². The number of halogens is 1. The number of imidazole rings is 1. The summed E-state index contributed by atoms with van der Waals surface area (Å²) in [5.41, 5.74) is 1.94. The molecule has 0 fully saturated rings. The molecule has 0 amide bonds. The van der Waals surface area contributed by atoms with Gasteiger partial charge in [-0.1, -0.05) is 46.8 Å². The molecule has 0 atom stereocenters. The van der Waals surface area contributed by atoms with Gasteiger partial charge in [0.15, 0.2) is 4.34 Å². The molecule has 0 unspecified atom stereocenters. The number of benzene rings is 1. The highest BCUT2D eigenvalue weighted by Gasteiger charge is 2.10. The summed E-state index contributed by atoms with van der Waals surface area (Å²) in [6.45, 7) is 0.834. The van der Waals surface area contributed by atoms with Gasteiger partial charge in [0.05, 0.1) is 11.9 Å². The van der Waals surface area contributed by atoms with E-state index in [-0.39, 0.29) is 0 Å². The number of hydrogen-bond acceptors (Lipinski definition) is 7. The van der Waals surface area contributed by atoms with E-state index in [1.165, 1.54) is 0 Å². The quantitative estimate of drug-likeness (QED) is 0.362. The van der Waals surface area contributed by atoms with Crippen LogP contribution in [-0.4, -0.2) is 36.9 Å². The SMILES string of the molecule is Clc1ccc(-c2cn3nc(SCCCNc4ncccn4)sc3n2)cc1. The molecule has 4 rings (SSSR count). The zero-order valence-electron chi connectivity index (χ0n) is 13.7. The van der Waals surface area contributed by atoms with Crippen LogP contribution in [0.4, 0.5) is 5.95 Å². The molecular formula is C17H15ClN6S2. The van der Waals surface area contributed by atoms with Crippen LogP contribution in [0.5, 0.6) is 0 Å². The second-order valence-corrected chi connectivity index (χ2v) is 8.16. The molecule has 0 radical (unpaired) electrons. The molecule has 1 N–H and O–H groups in total. The third-order valence-electron chi connectivity index (χ3n) is 3.56. The van der Waals surface area contributed by atoms with E-state index >= 15 is 0 Å². The minimum atomic E-state index is 0.667. The fourth-order valence-electron chi connectivity index (χ4n) is 2.32. The molecule has 0 saturated carbocycles. The van der Waals surface area contributed by atoms with Crippen LogP contribution in [0.3, 0.4) is 0 Å². The monoisotopic (exact) mass is 402 g/mol. The van der Waals surface area contributed by atoms with Gasteiger partial charge in [0.25, 0.3) is 0 Å². The van der Waals surface area contributed by atoms with E-state index in [1.54, 1.807) is 41.6 Å². The maximum absolute atomic E-state index is 5.93. The van der Waals surface area contributed by atoms with Gasteiger partial charge in [0, 0.05) is 35.3 Å². The molecule has 0 aliphatic rings. The smallest absolute Gasteiger partial charge is 0.222 e. The van der Waals surface area contributed by atoms with E-state index in [1.807, 2.05) is 35.0 Å². The summed E-state index contributed by atoms with van der Waals surface area (Å²) in [6.07, 6.45) is 6.41. The fraction of sp³-hybridized carbons (Fsp3) is 0.176. The first-order valence-electron chi connectivity index (χ1n) is 8.04. The molecule has 0 aliphatic heterocycles. The molecule has 132 valence electrons. The van der Waals surface area contributed by atoms with Crippen LogP contribution in [-0.2, 0) is 0 Å². The lowest BCUT2D eigenvalue weighted by atomic mass is 10.2. The normalized spacial score (nSPS) is 11.1. The Morgan fingerprint density at radius 1 is 1.15 bits per heavy atom. The van der Waals surface area contributed by atoms with Crippen LogP contribution < -0.4 is 5.32 Å². The second kappa shape index (κ2) is 8.03. The second-order valence-electron chi connectivity index (χ2n) is 5.43. The maximum Gasteiger partial charge on any atom is 0.222 e. The van der Waals surface area contributed by atoms with Gasteiger partial charge in [0.2, 0.25) is 10.9 Å². The molecule has 3 heterocycles. The van der Waals surface area contributed by atoms with Gasteiger partial charge in [-0.3, -0.25) is 0 Å². The summed E-state index contributed by atoms with van der Waals surface area (Å²) in [7, 11) is 0. The summed E-state index contributed by atoms with van der Waals surface area (Å²) in [4.78, 5) is 13.8. The van der Waals surface area contributed by atoms with Crippen molar-refractivity contribution in [2.75, 3.05) is 17.6 Å². The highest BCUT2D eigenvalue weighted by Crippen LogP contribution is 2.28. The fourth-order valence-corrected chi connectivity index (χ4v) is 4.38. The molecule has 0 saturated heterocycles. The zero-order valence-corrected chi connectivity index (χ0v) is 16.1. The summed E-state index contributed by atoms with van der Waals surface area (Å²) >= 11 is 9.27. The molecule has 1 aromatic carbocycles. The van der Waals surface area contributed by atoms with Crippen molar-refractivity contribution >= 4 is 45.6 Å². The summed E-state index contributed by atoms with van der Waals surface area (Å²) in [6, 6.07) is 9.47. The summed E-state index contributed by atoms with van der Waals surface area (Å²) in [5.74, 6) is 1.64. The Morgan fingerprint density at radius 3 is 2.73 bits per heavy atom. The number of thioether (sulfide) groups is 1. The average Bonchev–Trinajstić information content (AvgIpc) is 3.22. The lowest BCUT2D eigenvalue weighted by Crippen LogP contribution is -2.05. The molecule has 3 aromatic heterocycles. The Balaban J connectivity index is 1.30. The van der Waals surface area contributed by atoms with Gasteiger partial charge in [-0.2, -0.15) is 0 Å². The van der Waals surface area contributed by atoms with Crippen molar-refractivity contribution in [2.45, 2.75) is 10.8 Å². The molecule has 0 spiro atoms. The number of aromatic nitrogens is 5. The molecule has 6 nitrogen and oxygen atoms in total. The summed E-state index contributed by atoms with van der Waals surface area (Å²) < 4.78 is 2.86. The molecule has 26 heavy (non-hydrogen) atoms. The Kier molecular flexibility index (Phi) is 5.33. The first-order chi connectivity index (χ1) is 12.8. The van der Waals surface area contributed by atoms with Crippen molar-refractivity contribution in [3.63, 3.8) is 0 Å². The van der Waals surface area contributed by atoms with Crippen LogP contribution >= 0.6 is 34.7 Å². The van der Waals surface area contributed by atoms with E-state index in [0.29, 0.717) is 5.95 Å². The topological polar surface area (TPSA) is 68.0 Å². The maximum atomic E-state index is 5.93. The Bertz CT molecular complexity index is 952. The van der Waals surface area contributed by atoms with Crippen molar-refractivity contribution < 1.29 is 0 Å². The first kappa shape index (κ1) is 17.3. The van der Waals surface area contributed by atoms with E-state index in [4.69, 9.17) is 11.6 Å². The zero-order chi connectivity index (χ0) is 17.8. The number of nitrogens with one attached hydrogen (secondary N) is 1. The number of anilines is 1. The van der Waals surface area contributed by atoms with Gasteiger partial charge >= 0.3 is 0 Å². The molecular weight excluding hydrogens is 388 g/mol. The van der Waals surface area contributed by atoms with E-state index in [9.17, 15) is 0 Å². The average molecular weight is 403 g/mol. The van der Waals surface area contributed by atoms with Crippen molar-refractivity contribution in [2.24, 2.45) is 0 Å². The Morgan fingerprint density at radius 2 is 1.96 bits per heavy atom. The predicted octanol–water partition coefficient (Wildman–Crippen LogP) is 4.50. The van der Waals surface area contributed by atoms with Gasteiger partial charge in [-0.15, -0.1) is 5.10 Å². The third kappa shape index (κ3) is 4.14. The van der Waals surface area contributed by atoms with Crippen molar-refractivity contribution in [1.29, 1.82) is 0 Å². The van der Waals surface area contributed by atoms with Gasteiger partial charge in [-0.05, 0) is 24.6 Å². The predicted molar refractivity (Wildman–Crippen MR) is 107 cm³/mol. The van der Waals surface area contributed by atoms with Crippen LogP contribution in [0.2, 0.25) is 5.02 Å². The summed E-state index contributed by atoms with van der Waals surface area (Å²) in [5, 5.41) is 8.52. The minimum absolute atomic E-state index is 0.667. The van der Waals surface area contributed by atoms with Crippen LogP contribution in [0.25, 0.3) is 16.2 Å². The Hall–Kier alpha value is -2.16. The van der Waals surface area contributed by atoms with Gasteiger partial charge in [0.1, 0.15) is 0 Å². The van der Waals surface area contributed by atoms with Crippen LogP contribution in [0, 0.1) is 0 Å². The first-order valence-corrected chi connectivity index (χ1v) is 10.2. The van der Waals surface area contributed by atoms with E-state index in [2.05, 4.69) is 25.4 Å². The minimum Gasteiger partial charge on any atom is -0.354 e. The molecule has 4 aromatic rings. The van der Waals surface area contributed by atoms with Crippen molar-refractivity contribution in [3.8, 4) is 11.3 Å². The highest BCUT2D eigenvalue weighted by molar-refractivity contribution is 8.01. The lowest BCUT2D eigenvalue weighted by molar-refractivity contribution is 0.911. The largest absolute Gasteiger partial charge is 0.354 e.